The maximum Gasteiger partial charge on any atom is 0.262 e. The maximum absolute atomic E-state index is 15.6. The standard InChI is InChI=1S/C21H33FN4O4S/c1-5-8-10-27-13-15-18(29-11-9-6-2)16(22)17(30-15)14-12-23-19-20(28-7-3)24-21(31-4)25-26(14)19/h12,15-18H,5-11,13H2,1-4H3/t15-,16+,17+,18?/m1/s1. The number of imidazole rings is 1. The Morgan fingerprint density at radius 2 is 1.97 bits per heavy atom. The minimum absolute atomic E-state index is 0.291. The molecule has 1 fully saturated rings. The third kappa shape index (κ3) is 5.66. The number of ether oxygens (including phenoxy) is 4. The minimum Gasteiger partial charge on any atom is -0.475 e. The topological polar surface area (TPSA) is 80.0 Å². The molecule has 1 aliphatic rings. The van der Waals surface area contributed by atoms with Crippen LogP contribution in [0.2, 0.25) is 0 Å². The number of hydrogen-bond acceptors (Lipinski definition) is 8. The van der Waals surface area contributed by atoms with Crippen LogP contribution in [0.25, 0.3) is 5.65 Å². The van der Waals surface area contributed by atoms with E-state index in [9.17, 15) is 0 Å². The van der Waals surface area contributed by atoms with Gasteiger partial charge in [-0.15, -0.1) is 5.10 Å². The van der Waals surface area contributed by atoms with Crippen LogP contribution in [-0.4, -0.2) is 70.6 Å². The minimum atomic E-state index is -1.36. The summed E-state index contributed by atoms with van der Waals surface area (Å²) >= 11 is 1.38. The maximum atomic E-state index is 15.6. The molecule has 0 spiro atoms. The van der Waals surface area contributed by atoms with Gasteiger partial charge in [-0.1, -0.05) is 38.5 Å². The first-order chi connectivity index (χ1) is 15.1. The summed E-state index contributed by atoms with van der Waals surface area (Å²) in [6.45, 7) is 7.90. The van der Waals surface area contributed by atoms with E-state index in [2.05, 4.69) is 28.9 Å². The lowest BCUT2D eigenvalue weighted by molar-refractivity contribution is -0.0673. The summed E-state index contributed by atoms with van der Waals surface area (Å²) < 4.78 is 40.6. The zero-order chi connectivity index (χ0) is 22.2. The number of thioether (sulfide) groups is 1. The van der Waals surface area contributed by atoms with Gasteiger partial charge in [0.1, 0.15) is 18.3 Å². The summed E-state index contributed by atoms with van der Waals surface area (Å²) in [6, 6.07) is 0. The number of rotatable bonds is 13. The predicted octanol–water partition coefficient (Wildman–Crippen LogP) is 4.02. The van der Waals surface area contributed by atoms with Crippen LogP contribution >= 0.6 is 11.8 Å². The fraction of sp³-hybridized carbons (Fsp3) is 0.762. The number of aromatic nitrogens is 4. The molecule has 0 N–H and O–H groups in total. The van der Waals surface area contributed by atoms with Crippen molar-refractivity contribution in [2.24, 2.45) is 0 Å². The molecular formula is C21H33FN4O4S. The highest BCUT2D eigenvalue weighted by Gasteiger charge is 2.48. The number of nitrogens with zero attached hydrogens (tertiary/aromatic N) is 4. The summed E-state index contributed by atoms with van der Waals surface area (Å²) in [5.41, 5.74) is 0.956. The van der Waals surface area contributed by atoms with Gasteiger partial charge in [0, 0.05) is 13.2 Å². The number of unbranched alkanes of at least 4 members (excludes halogenated alkanes) is 2. The van der Waals surface area contributed by atoms with Gasteiger partial charge in [0.05, 0.1) is 25.1 Å². The van der Waals surface area contributed by atoms with Gasteiger partial charge in [-0.2, -0.15) is 4.98 Å². The number of halogens is 1. The number of alkyl halides is 1. The first-order valence-corrected chi connectivity index (χ1v) is 12.3. The molecule has 0 aromatic carbocycles. The Balaban J connectivity index is 1.86. The Labute approximate surface area is 187 Å². The Morgan fingerprint density at radius 1 is 1.19 bits per heavy atom. The van der Waals surface area contributed by atoms with E-state index in [1.54, 1.807) is 10.7 Å². The first kappa shape index (κ1) is 24.2. The van der Waals surface area contributed by atoms with Gasteiger partial charge in [-0.05, 0) is 26.0 Å². The molecule has 3 heterocycles. The summed E-state index contributed by atoms with van der Waals surface area (Å²) in [7, 11) is 0. The third-order valence-corrected chi connectivity index (χ3v) is 5.65. The second kappa shape index (κ2) is 11.9. The van der Waals surface area contributed by atoms with Crippen LogP contribution in [0, 0.1) is 0 Å². The molecule has 0 aliphatic carbocycles. The van der Waals surface area contributed by atoms with Gasteiger partial charge in [-0.3, -0.25) is 0 Å². The van der Waals surface area contributed by atoms with E-state index in [0.29, 0.717) is 48.8 Å². The molecule has 1 aliphatic heterocycles. The molecule has 0 bridgehead atoms. The Bertz CT molecular complexity index is 824. The molecule has 10 heteroatoms. The second-order valence-corrected chi connectivity index (χ2v) is 8.19. The molecular weight excluding hydrogens is 423 g/mol. The van der Waals surface area contributed by atoms with Crippen molar-refractivity contribution in [1.82, 2.24) is 19.6 Å². The summed E-state index contributed by atoms with van der Waals surface area (Å²) in [6.07, 6.45) is 3.89. The first-order valence-electron chi connectivity index (χ1n) is 11.1. The molecule has 0 radical (unpaired) electrons. The highest BCUT2D eigenvalue weighted by molar-refractivity contribution is 7.98. The molecule has 2 aromatic rings. The van der Waals surface area contributed by atoms with Gasteiger partial charge >= 0.3 is 0 Å². The molecule has 1 saturated heterocycles. The molecule has 0 saturated carbocycles. The van der Waals surface area contributed by atoms with Crippen molar-refractivity contribution in [3.63, 3.8) is 0 Å². The SMILES string of the molecule is CCCCOC[C@H]1O[C@@H](c2cnc3c(OCC)nc(SC)nn23)[C@H](F)C1OCCCC. The van der Waals surface area contributed by atoms with Crippen LogP contribution in [0.5, 0.6) is 5.88 Å². The quantitative estimate of drug-likeness (QED) is 0.330. The van der Waals surface area contributed by atoms with E-state index in [1.807, 2.05) is 13.2 Å². The smallest absolute Gasteiger partial charge is 0.262 e. The van der Waals surface area contributed by atoms with Crippen molar-refractivity contribution in [2.45, 2.75) is 76.1 Å². The van der Waals surface area contributed by atoms with Crippen LogP contribution in [0.1, 0.15) is 58.3 Å². The van der Waals surface area contributed by atoms with Gasteiger partial charge in [0.25, 0.3) is 5.88 Å². The summed E-state index contributed by atoms with van der Waals surface area (Å²) in [5.74, 6) is 0.372. The zero-order valence-corrected chi connectivity index (χ0v) is 19.6. The Kier molecular flexibility index (Phi) is 9.30. The highest BCUT2D eigenvalue weighted by Crippen LogP contribution is 2.38. The lowest BCUT2D eigenvalue weighted by Gasteiger charge is -2.20. The fourth-order valence-corrected chi connectivity index (χ4v) is 3.80. The van der Waals surface area contributed by atoms with Crippen molar-refractivity contribution >= 4 is 17.4 Å². The monoisotopic (exact) mass is 456 g/mol. The van der Waals surface area contributed by atoms with E-state index in [-0.39, 0.29) is 0 Å². The molecule has 1 unspecified atom stereocenters. The molecule has 8 nitrogen and oxygen atoms in total. The average Bonchev–Trinajstić information content (AvgIpc) is 3.33. The Morgan fingerprint density at radius 3 is 2.68 bits per heavy atom. The third-order valence-electron chi connectivity index (χ3n) is 5.12. The number of fused-ring (bicyclic) bond motifs is 1. The van der Waals surface area contributed by atoms with Gasteiger partial charge < -0.3 is 18.9 Å². The molecule has 4 atom stereocenters. The van der Waals surface area contributed by atoms with E-state index < -0.39 is 24.5 Å². The van der Waals surface area contributed by atoms with Crippen molar-refractivity contribution in [2.75, 3.05) is 32.7 Å². The Hall–Kier alpha value is -1.49. The molecule has 0 amide bonds. The van der Waals surface area contributed by atoms with Crippen molar-refractivity contribution in [1.29, 1.82) is 0 Å². The van der Waals surface area contributed by atoms with Gasteiger partial charge in [0.15, 0.2) is 6.17 Å². The van der Waals surface area contributed by atoms with E-state index in [0.717, 1.165) is 25.7 Å². The summed E-state index contributed by atoms with van der Waals surface area (Å²) in [5, 5.41) is 5.01. The van der Waals surface area contributed by atoms with Gasteiger partial charge in [0.2, 0.25) is 10.8 Å². The van der Waals surface area contributed by atoms with Crippen LogP contribution in [0.3, 0.4) is 0 Å². The van der Waals surface area contributed by atoms with Crippen molar-refractivity contribution in [3.8, 4) is 5.88 Å². The van der Waals surface area contributed by atoms with Crippen LogP contribution in [0.4, 0.5) is 4.39 Å². The average molecular weight is 457 g/mol. The summed E-state index contributed by atoms with van der Waals surface area (Å²) in [4.78, 5) is 8.76. The normalized spacial score (nSPS) is 23.6. The van der Waals surface area contributed by atoms with E-state index in [4.69, 9.17) is 18.9 Å². The predicted molar refractivity (Wildman–Crippen MR) is 117 cm³/mol. The fourth-order valence-electron chi connectivity index (χ4n) is 3.46. The highest BCUT2D eigenvalue weighted by atomic mass is 32.2. The molecule has 174 valence electrons. The second-order valence-electron chi connectivity index (χ2n) is 7.41. The lowest BCUT2D eigenvalue weighted by Crippen LogP contribution is -2.34. The molecule has 31 heavy (non-hydrogen) atoms. The lowest BCUT2D eigenvalue weighted by atomic mass is 10.1. The van der Waals surface area contributed by atoms with Crippen molar-refractivity contribution in [3.05, 3.63) is 11.9 Å². The number of hydrogen-bond donors (Lipinski definition) is 0. The van der Waals surface area contributed by atoms with E-state index in [1.165, 1.54) is 11.8 Å². The van der Waals surface area contributed by atoms with Crippen LogP contribution in [0.15, 0.2) is 11.4 Å². The van der Waals surface area contributed by atoms with Crippen LogP contribution < -0.4 is 4.74 Å². The van der Waals surface area contributed by atoms with E-state index >= 15 is 4.39 Å². The molecule has 2 aromatic heterocycles. The zero-order valence-electron chi connectivity index (χ0n) is 18.8. The molecule has 3 rings (SSSR count). The van der Waals surface area contributed by atoms with Crippen LogP contribution in [-0.2, 0) is 14.2 Å². The van der Waals surface area contributed by atoms with Crippen molar-refractivity contribution < 1.29 is 23.3 Å². The van der Waals surface area contributed by atoms with Gasteiger partial charge in [-0.25, -0.2) is 13.9 Å². The largest absolute Gasteiger partial charge is 0.475 e.